The van der Waals surface area contributed by atoms with Crippen molar-refractivity contribution in [1.82, 2.24) is 10.3 Å². The summed E-state index contributed by atoms with van der Waals surface area (Å²) in [6, 6.07) is 6.03. The summed E-state index contributed by atoms with van der Waals surface area (Å²) >= 11 is 0. The highest BCUT2D eigenvalue weighted by molar-refractivity contribution is 5.68. The molecule has 5 nitrogen and oxygen atoms in total. The van der Waals surface area contributed by atoms with E-state index in [4.69, 9.17) is 9.47 Å². The van der Waals surface area contributed by atoms with Crippen molar-refractivity contribution in [2.24, 2.45) is 0 Å². The van der Waals surface area contributed by atoms with Gasteiger partial charge in [-0.25, -0.2) is 4.79 Å². The normalized spacial score (nSPS) is 24.6. The van der Waals surface area contributed by atoms with Gasteiger partial charge in [-0.2, -0.15) is 0 Å². The molecule has 0 unspecified atom stereocenters. The van der Waals surface area contributed by atoms with Crippen molar-refractivity contribution in [2.75, 3.05) is 13.2 Å². The first-order valence-electron chi connectivity index (χ1n) is 9.95. The van der Waals surface area contributed by atoms with Crippen LogP contribution >= 0.6 is 0 Å². The molecule has 1 N–H and O–H groups in total. The Labute approximate surface area is 162 Å². The third-order valence-electron chi connectivity index (χ3n) is 5.75. The molecule has 1 aromatic heterocycles. The van der Waals surface area contributed by atoms with Crippen molar-refractivity contribution < 1.29 is 14.3 Å². The minimum absolute atomic E-state index is 0.0787. The van der Waals surface area contributed by atoms with E-state index < -0.39 is 11.7 Å². The molecule has 1 aliphatic carbocycles. The van der Waals surface area contributed by atoms with Crippen LogP contribution in [0.4, 0.5) is 4.79 Å². The van der Waals surface area contributed by atoms with Gasteiger partial charge in [0.1, 0.15) is 5.60 Å². The molecular weight excluding hydrogens is 340 g/mol. The molecule has 0 bridgehead atoms. The number of hydrogen-bond acceptors (Lipinski definition) is 4. The van der Waals surface area contributed by atoms with E-state index in [0.717, 1.165) is 37.0 Å². The molecule has 2 heterocycles. The zero-order valence-electron chi connectivity index (χ0n) is 16.8. The van der Waals surface area contributed by atoms with Gasteiger partial charge in [-0.05, 0) is 64.2 Å². The number of hydrogen-bond donors (Lipinski definition) is 1. The van der Waals surface area contributed by atoms with E-state index in [-0.39, 0.29) is 11.0 Å². The fourth-order valence-corrected chi connectivity index (χ4v) is 4.48. The van der Waals surface area contributed by atoms with Gasteiger partial charge in [-0.1, -0.05) is 25.5 Å². The minimum Gasteiger partial charge on any atom is -0.444 e. The van der Waals surface area contributed by atoms with E-state index in [1.807, 2.05) is 39.1 Å². The number of rotatable bonds is 4. The number of aromatic nitrogens is 1. The average molecular weight is 373 g/mol. The average Bonchev–Trinajstić information content (AvgIpc) is 3.06. The number of ether oxygens (including phenoxy) is 2. The second kappa shape index (κ2) is 7.63. The molecular formula is C22H32N2O3. The van der Waals surface area contributed by atoms with E-state index in [2.05, 4.69) is 22.9 Å². The molecule has 2 aliphatic rings. The van der Waals surface area contributed by atoms with Gasteiger partial charge in [0.25, 0.3) is 0 Å². The van der Waals surface area contributed by atoms with Crippen LogP contribution in [0.3, 0.4) is 0 Å². The third kappa shape index (κ3) is 4.52. The van der Waals surface area contributed by atoms with Crippen LogP contribution in [0.15, 0.2) is 36.5 Å². The van der Waals surface area contributed by atoms with Crippen LogP contribution < -0.4 is 5.32 Å². The maximum absolute atomic E-state index is 12.1. The Morgan fingerprint density at radius 1 is 1.30 bits per heavy atom. The van der Waals surface area contributed by atoms with E-state index in [1.165, 1.54) is 12.8 Å². The zero-order chi connectivity index (χ0) is 19.5. The first kappa shape index (κ1) is 19.9. The molecule has 1 atom stereocenters. The summed E-state index contributed by atoms with van der Waals surface area (Å²) in [4.78, 5) is 16.8. The third-order valence-corrected chi connectivity index (χ3v) is 5.75. The van der Waals surface area contributed by atoms with Crippen LogP contribution in [-0.4, -0.2) is 35.4 Å². The Balaban J connectivity index is 1.80. The summed E-state index contributed by atoms with van der Waals surface area (Å²) in [7, 11) is 0. The molecule has 1 spiro atoms. The number of pyridine rings is 1. The molecule has 1 amide bonds. The lowest BCUT2D eigenvalue weighted by molar-refractivity contribution is -0.0960. The molecule has 2 fully saturated rings. The highest BCUT2D eigenvalue weighted by Gasteiger charge is 2.49. The Morgan fingerprint density at radius 3 is 2.67 bits per heavy atom. The Bertz CT molecular complexity index is 675. The molecule has 1 aromatic rings. The van der Waals surface area contributed by atoms with Gasteiger partial charge in [0.2, 0.25) is 0 Å². The van der Waals surface area contributed by atoms with Crippen molar-refractivity contribution >= 4 is 6.09 Å². The Morgan fingerprint density at radius 2 is 2.04 bits per heavy atom. The topological polar surface area (TPSA) is 60.5 Å². The van der Waals surface area contributed by atoms with Gasteiger partial charge in [-0.3, -0.25) is 4.98 Å². The molecule has 1 saturated carbocycles. The number of nitrogens with zero attached hydrogens (tertiary/aromatic N) is 1. The summed E-state index contributed by atoms with van der Waals surface area (Å²) in [6.07, 6.45) is 7.74. The largest absolute Gasteiger partial charge is 0.444 e. The maximum atomic E-state index is 12.1. The van der Waals surface area contributed by atoms with E-state index in [1.54, 1.807) is 0 Å². The van der Waals surface area contributed by atoms with Crippen LogP contribution in [0, 0.1) is 0 Å². The molecule has 148 valence electrons. The van der Waals surface area contributed by atoms with Crippen molar-refractivity contribution in [3.63, 3.8) is 0 Å². The molecule has 27 heavy (non-hydrogen) atoms. The maximum Gasteiger partial charge on any atom is 0.407 e. The van der Waals surface area contributed by atoms with Crippen molar-refractivity contribution in [2.45, 2.75) is 75.9 Å². The van der Waals surface area contributed by atoms with Crippen molar-refractivity contribution in [3.05, 3.63) is 42.2 Å². The van der Waals surface area contributed by atoms with Gasteiger partial charge >= 0.3 is 6.09 Å². The van der Waals surface area contributed by atoms with Gasteiger partial charge < -0.3 is 14.8 Å². The Hall–Kier alpha value is -1.88. The number of alkyl carbamates (subject to hydrolysis) is 1. The van der Waals surface area contributed by atoms with Crippen molar-refractivity contribution in [1.29, 1.82) is 0 Å². The lowest BCUT2D eigenvalue weighted by Crippen LogP contribution is -2.49. The van der Waals surface area contributed by atoms with Crippen LogP contribution in [0.5, 0.6) is 0 Å². The summed E-state index contributed by atoms with van der Waals surface area (Å²) < 4.78 is 11.6. The SMILES string of the molecule is C=C(CNC(=O)OC(C)(C)C)[C@@]1(c2ccccn2)CCOC2(CCCC2)C1. The summed E-state index contributed by atoms with van der Waals surface area (Å²) in [5.41, 5.74) is 1.12. The number of carbonyl (C=O) groups is 1. The molecule has 3 rings (SSSR count). The summed E-state index contributed by atoms with van der Waals surface area (Å²) in [6.45, 7) is 11.0. The predicted octanol–water partition coefficient (Wildman–Crippen LogP) is 4.52. The fraction of sp³-hybridized carbons (Fsp3) is 0.636. The van der Waals surface area contributed by atoms with Crippen LogP contribution in [-0.2, 0) is 14.9 Å². The van der Waals surface area contributed by atoms with Crippen LogP contribution in [0.2, 0.25) is 0 Å². The van der Waals surface area contributed by atoms with E-state index >= 15 is 0 Å². The van der Waals surface area contributed by atoms with Crippen molar-refractivity contribution in [3.8, 4) is 0 Å². The Kier molecular flexibility index (Phi) is 5.61. The summed E-state index contributed by atoms with van der Waals surface area (Å²) in [5.74, 6) is 0. The number of carbonyl (C=O) groups excluding carboxylic acids is 1. The van der Waals surface area contributed by atoms with Gasteiger partial charge in [0.15, 0.2) is 0 Å². The van der Waals surface area contributed by atoms with Gasteiger partial charge in [0, 0.05) is 24.8 Å². The highest BCUT2D eigenvalue weighted by atomic mass is 16.6. The predicted molar refractivity (Wildman–Crippen MR) is 106 cm³/mol. The molecule has 0 radical (unpaired) electrons. The lowest BCUT2D eigenvalue weighted by atomic mass is 9.66. The minimum atomic E-state index is -0.517. The molecule has 1 aliphatic heterocycles. The molecule has 1 saturated heterocycles. The smallest absolute Gasteiger partial charge is 0.407 e. The zero-order valence-corrected chi connectivity index (χ0v) is 16.8. The fourth-order valence-electron chi connectivity index (χ4n) is 4.48. The standard InChI is InChI=1S/C22H32N2O3/c1-17(15-24-19(25)27-20(2,3)4)22(18-9-5-8-13-23-18)12-14-26-21(16-22)10-6-7-11-21/h5,8-9,13H,1,6-7,10-12,14-16H2,2-4H3,(H,24,25)/t22-/m1/s1. The second-order valence-electron chi connectivity index (χ2n) is 8.92. The van der Waals surface area contributed by atoms with E-state index in [9.17, 15) is 4.79 Å². The quantitative estimate of drug-likeness (QED) is 0.789. The van der Waals surface area contributed by atoms with Crippen LogP contribution in [0.25, 0.3) is 0 Å². The lowest BCUT2D eigenvalue weighted by Gasteiger charge is -2.47. The number of nitrogens with one attached hydrogen (secondary N) is 1. The number of amides is 1. The monoisotopic (exact) mass is 372 g/mol. The molecule has 5 heteroatoms. The van der Waals surface area contributed by atoms with E-state index in [0.29, 0.717) is 13.2 Å². The first-order chi connectivity index (χ1) is 12.7. The van der Waals surface area contributed by atoms with Gasteiger partial charge in [0.05, 0.1) is 11.3 Å². The highest BCUT2D eigenvalue weighted by Crippen LogP contribution is 2.50. The molecule has 0 aromatic carbocycles. The summed E-state index contributed by atoms with van der Waals surface area (Å²) in [5, 5.41) is 2.88. The first-order valence-corrected chi connectivity index (χ1v) is 9.95. The van der Waals surface area contributed by atoms with Crippen LogP contribution in [0.1, 0.15) is 65.0 Å². The van der Waals surface area contributed by atoms with Gasteiger partial charge in [-0.15, -0.1) is 0 Å². The second-order valence-corrected chi connectivity index (χ2v) is 8.92.